The average Bonchev–Trinajstić information content (AvgIpc) is 2.03. The third-order valence-electron chi connectivity index (χ3n) is 1.47. The largest absolute Gasteiger partial charge is 0.394 e. The molecule has 0 aliphatic carbocycles. The third-order valence-corrected chi connectivity index (χ3v) is 2.14. The zero-order valence-corrected chi connectivity index (χ0v) is 8.15. The van der Waals surface area contributed by atoms with Crippen molar-refractivity contribution < 1.29 is 5.11 Å². The first kappa shape index (κ1) is 8.96. The Hall–Kier alpha value is -0.130. The Morgan fingerprint density at radius 1 is 1.55 bits per heavy atom. The van der Waals surface area contributed by atoms with E-state index >= 15 is 0 Å². The maximum absolute atomic E-state index is 8.75. The fourth-order valence-corrected chi connectivity index (χ4v) is 1.41. The number of rotatable bonds is 2. The molecule has 0 aliphatic heterocycles. The summed E-state index contributed by atoms with van der Waals surface area (Å²) < 4.78 is 1.14. The Morgan fingerprint density at radius 2 is 2.27 bits per heavy atom. The molecular weight excluding hydrogens is 253 g/mol. The molecule has 1 rings (SSSR count). The number of halogens is 1. The predicted molar refractivity (Wildman–Crippen MR) is 53.2 cm³/mol. The zero-order valence-electron chi connectivity index (χ0n) is 6.00. The van der Waals surface area contributed by atoms with E-state index in [9.17, 15) is 0 Å². The summed E-state index contributed by atoms with van der Waals surface area (Å²) in [5.41, 5.74) is 6.60. The van der Waals surface area contributed by atoms with Crippen molar-refractivity contribution in [2.24, 2.45) is 5.73 Å². The molecule has 0 fully saturated rings. The third kappa shape index (κ3) is 2.43. The van der Waals surface area contributed by atoms with E-state index in [1.165, 1.54) is 0 Å². The number of aliphatic hydroxyl groups excluding tert-OH is 1. The van der Waals surface area contributed by atoms with Gasteiger partial charge in [0.15, 0.2) is 0 Å². The lowest BCUT2D eigenvalue weighted by molar-refractivity contribution is 0.268. The van der Waals surface area contributed by atoms with E-state index in [1.807, 2.05) is 24.3 Å². The second-order valence-corrected chi connectivity index (χ2v) is 3.59. The summed E-state index contributed by atoms with van der Waals surface area (Å²) in [4.78, 5) is 0. The van der Waals surface area contributed by atoms with Crippen LogP contribution in [0.4, 0.5) is 0 Å². The summed E-state index contributed by atoms with van der Waals surface area (Å²) in [6, 6.07) is 7.58. The minimum atomic E-state index is -0.246. The molecule has 1 aromatic carbocycles. The Morgan fingerprint density at radius 3 is 2.82 bits per heavy atom. The van der Waals surface area contributed by atoms with Crippen LogP contribution in [0.2, 0.25) is 0 Å². The topological polar surface area (TPSA) is 46.2 Å². The van der Waals surface area contributed by atoms with Gasteiger partial charge in [-0.2, -0.15) is 0 Å². The van der Waals surface area contributed by atoms with E-state index in [2.05, 4.69) is 22.6 Å². The van der Waals surface area contributed by atoms with Crippen LogP contribution in [0.5, 0.6) is 0 Å². The summed E-state index contributed by atoms with van der Waals surface area (Å²) in [5, 5.41) is 8.75. The number of nitrogens with two attached hydrogens (primary N) is 1. The average molecular weight is 263 g/mol. The van der Waals surface area contributed by atoms with E-state index < -0.39 is 0 Å². The molecule has 0 saturated heterocycles. The fourth-order valence-electron chi connectivity index (χ4n) is 0.843. The molecule has 0 heterocycles. The summed E-state index contributed by atoms with van der Waals surface area (Å²) in [6.45, 7) is 0.0000926. The van der Waals surface area contributed by atoms with Crippen LogP contribution >= 0.6 is 22.6 Å². The van der Waals surface area contributed by atoms with E-state index in [0.29, 0.717) is 0 Å². The number of hydrogen-bond acceptors (Lipinski definition) is 2. The standard InChI is InChI=1S/C8H10INO/c9-7-3-1-2-6(4-7)8(10)5-11/h1-4,8,11H,5,10H2/t8-/m1/s1. The van der Waals surface area contributed by atoms with E-state index in [-0.39, 0.29) is 12.6 Å². The van der Waals surface area contributed by atoms with Crippen LogP contribution < -0.4 is 5.73 Å². The smallest absolute Gasteiger partial charge is 0.0624 e. The normalized spacial score (nSPS) is 13.0. The van der Waals surface area contributed by atoms with Gasteiger partial charge in [-0.3, -0.25) is 0 Å². The second-order valence-electron chi connectivity index (χ2n) is 2.34. The number of benzene rings is 1. The molecule has 0 spiro atoms. The molecule has 3 heteroatoms. The van der Waals surface area contributed by atoms with Gasteiger partial charge in [-0.15, -0.1) is 0 Å². The lowest BCUT2D eigenvalue weighted by Gasteiger charge is -2.07. The molecule has 11 heavy (non-hydrogen) atoms. The molecule has 3 N–H and O–H groups in total. The Labute approximate surface area is 79.6 Å². The van der Waals surface area contributed by atoms with Crippen molar-refractivity contribution in [1.82, 2.24) is 0 Å². The van der Waals surface area contributed by atoms with Gasteiger partial charge in [-0.1, -0.05) is 12.1 Å². The minimum absolute atomic E-state index is 0.0000926. The van der Waals surface area contributed by atoms with Gasteiger partial charge in [-0.05, 0) is 40.3 Å². The highest BCUT2D eigenvalue weighted by Gasteiger charge is 2.02. The first-order valence-electron chi connectivity index (χ1n) is 3.36. The Kier molecular flexibility index (Phi) is 3.29. The Bertz CT molecular complexity index is 239. The molecule has 0 radical (unpaired) electrons. The van der Waals surface area contributed by atoms with Crippen molar-refractivity contribution in [1.29, 1.82) is 0 Å². The predicted octanol–water partition coefficient (Wildman–Crippen LogP) is 1.28. The molecule has 1 aromatic rings. The van der Waals surface area contributed by atoms with Gasteiger partial charge in [0.2, 0.25) is 0 Å². The van der Waals surface area contributed by atoms with E-state index in [4.69, 9.17) is 10.8 Å². The molecular formula is C8H10INO. The molecule has 60 valence electrons. The molecule has 1 atom stereocenters. The lowest BCUT2D eigenvalue weighted by atomic mass is 10.1. The van der Waals surface area contributed by atoms with Crippen LogP contribution in [0.25, 0.3) is 0 Å². The summed E-state index contributed by atoms with van der Waals surface area (Å²) in [7, 11) is 0. The fraction of sp³-hybridized carbons (Fsp3) is 0.250. The molecule has 0 aliphatic rings. The van der Waals surface area contributed by atoms with Crippen molar-refractivity contribution in [3.8, 4) is 0 Å². The molecule has 0 aromatic heterocycles. The van der Waals surface area contributed by atoms with Crippen LogP contribution in [0.1, 0.15) is 11.6 Å². The summed E-state index contributed by atoms with van der Waals surface area (Å²) >= 11 is 2.22. The maximum Gasteiger partial charge on any atom is 0.0624 e. The first-order valence-corrected chi connectivity index (χ1v) is 4.44. The van der Waals surface area contributed by atoms with Crippen LogP contribution in [0, 0.1) is 3.57 Å². The van der Waals surface area contributed by atoms with Crippen molar-refractivity contribution in [2.45, 2.75) is 6.04 Å². The monoisotopic (exact) mass is 263 g/mol. The van der Waals surface area contributed by atoms with Gasteiger partial charge in [0.1, 0.15) is 0 Å². The first-order chi connectivity index (χ1) is 5.24. The van der Waals surface area contributed by atoms with Crippen LogP contribution in [-0.2, 0) is 0 Å². The van der Waals surface area contributed by atoms with Gasteiger partial charge < -0.3 is 10.8 Å². The summed E-state index contributed by atoms with van der Waals surface area (Å²) in [5.74, 6) is 0. The number of aliphatic hydroxyl groups is 1. The lowest BCUT2D eigenvalue weighted by Crippen LogP contribution is -2.14. The van der Waals surface area contributed by atoms with Crippen LogP contribution in [0.3, 0.4) is 0 Å². The van der Waals surface area contributed by atoms with E-state index in [1.54, 1.807) is 0 Å². The quantitative estimate of drug-likeness (QED) is 0.789. The van der Waals surface area contributed by atoms with Crippen molar-refractivity contribution in [2.75, 3.05) is 6.61 Å². The highest BCUT2D eigenvalue weighted by atomic mass is 127. The minimum Gasteiger partial charge on any atom is -0.394 e. The van der Waals surface area contributed by atoms with Gasteiger partial charge >= 0.3 is 0 Å². The van der Waals surface area contributed by atoms with Gasteiger partial charge in [0, 0.05) is 3.57 Å². The van der Waals surface area contributed by atoms with E-state index in [0.717, 1.165) is 9.13 Å². The maximum atomic E-state index is 8.75. The molecule has 2 nitrogen and oxygen atoms in total. The highest BCUT2D eigenvalue weighted by molar-refractivity contribution is 14.1. The molecule has 0 saturated carbocycles. The van der Waals surface area contributed by atoms with Crippen LogP contribution in [0.15, 0.2) is 24.3 Å². The molecule has 0 amide bonds. The van der Waals surface area contributed by atoms with Gasteiger partial charge in [0.05, 0.1) is 12.6 Å². The zero-order chi connectivity index (χ0) is 8.27. The second kappa shape index (κ2) is 4.04. The summed E-state index contributed by atoms with van der Waals surface area (Å²) in [6.07, 6.45) is 0. The van der Waals surface area contributed by atoms with Crippen LogP contribution in [-0.4, -0.2) is 11.7 Å². The SMILES string of the molecule is N[C@H](CO)c1cccc(I)c1. The molecule has 0 unspecified atom stereocenters. The van der Waals surface area contributed by atoms with Gasteiger partial charge in [-0.25, -0.2) is 0 Å². The van der Waals surface area contributed by atoms with Gasteiger partial charge in [0.25, 0.3) is 0 Å². The number of hydrogen-bond donors (Lipinski definition) is 2. The van der Waals surface area contributed by atoms with Crippen molar-refractivity contribution in [3.05, 3.63) is 33.4 Å². The van der Waals surface area contributed by atoms with Crippen molar-refractivity contribution >= 4 is 22.6 Å². The Balaban J connectivity index is 2.86. The molecule has 0 bridgehead atoms. The highest BCUT2D eigenvalue weighted by Crippen LogP contribution is 2.12. The van der Waals surface area contributed by atoms with Crippen molar-refractivity contribution in [3.63, 3.8) is 0 Å².